The summed E-state index contributed by atoms with van der Waals surface area (Å²) in [6.07, 6.45) is 1.33. The minimum absolute atomic E-state index is 0.195. The van der Waals surface area contributed by atoms with E-state index in [0.29, 0.717) is 25.4 Å². The summed E-state index contributed by atoms with van der Waals surface area (Å²) in [7, 11) is 0. The zero-order chi connectivity index (χ0) is 13.2. The topological polar surface area (TPSA) is 85.3 Å². The molecule has 1 aromatic carbocycles. The largest absolute Gasteiger partial charge is 0.342 e. The summed E-state index contributed by atoms with van der Waals surface area (Å²) in [6.45, 7) is 2.04. The molecule has 0 bridgehead atoms. The molecular weight excluding hydrogens is 244 g/mol. The summed E-state index contributed by atoms with van der Waals surface area (Å²) in [5.74, 6) is 0.498. The van der Waals surface area contributed by atoms with E-state index >= 15 is 0 Å². The van der Waals surface area contributed by atoms with E-state index in [0.717, 1.165) is 29.6 Å². The second kappa shape index (κ2) is 4.97. The van der Waals surface area contributed by atoms with Crippen LogP contribution in [0.2, 0.25) is 0 Å². The van der Waals surface area contributed by atoms with Crippen LogP contribution in [0.3, 0.4) is 0 Å². The molecule has 0 spiro atoms. The number of benzene rings is 1. The highest BCUT2D eigenvalue weighted by Gasteiger charge is 2.28. The first kappa shape index (κ1) is 12.1. The van der Waals surface area contributed by atoms with Gasteiger partial charge in [-0.15, -0.1) is 0 Å². The summed E-state index contributed by atoms with van der Waals surface area (Å²) in [5, 5.41) is 7.72. The zero-order valence-electron chi connectivity index (χ0n) is 10.6. The highest BCUT2D eigenvalue weighted by molar-refractivity contribution is 5.79. The minimum Gasteiger partial charge on any atom is -0.342 e. The molecule has 0 aliphatic carbocycles. The van der Waals surface area contributed by atoms with Crippen molar-refractivity contribution in [3.05, 3.63) is 23.8 Å². The fourth-order valence-corrected chi connectivity index (χ4v) is 2.55. The number of likely N-dealkylation sites (tertiary alicyclic amines) is 1. The molecule has 3 rings (SSSR count). The number of hydrogen-bond donors (Lipinski definition) is 1. The molecule has 2 heterocycles. The quantitative estimate of drug-likeness (QED) is 0.868. The van der Waals surface area contributed by atoms with Gasteiger partial charge < -0.3 is 10.6 Å². The van der Waals surface area contributed by atoms with Crippen molar-refractivity contribution in [3.8, 4) is 0 Å². The molecule has 1 amide bonds. The average Bonchev–Trinajstić information content (AvgIpc) is 3.02. The Morgan fingerprint density at radius 2 is 2.32 bits per heavy atom. The van der Waals surface area contributed by atoms with Gasteiger partial charge in [-0.05, 0) is 40.8 Å². The number of nitrogens with zero attached hydrogens (tertiary/aromatic N) is 3. The SMILES string of the molecule is NCC1CC(=O)N(CCc2cccc3nonc23)C1. The van der Waals surface area contributed by atoms with Gasteiger partial charge in [-0.2, -0.15) is 0 Å². The van der Waals surface area contributed by atoms with Gasteiger partial charge >= 0.3 is 0 Å². The third-order valence-corrected chi connectivity index (χ3v) is 3.65. The number of carbonyl (C=O) groups excluding carboxylic acids is 1. The van der Waals surface area contributed by atoms with Gasteiger partial charge in [0.2, 0.25) is 5.91 Å². The lowest BCUT2D eigenvalue weighted by Crippen LogP contribution is -2.28. The smallest absolute Gasteiger partial charge is 0.222 e. The number of carbonyl (C=O) groups is 1. The number of nitrogens with two attached hydrogens (primary N) is 1. The van der Waals surface area contributed by atoms with Gasteiger partial charge in [-0.3, -0.25) is 4.79 Å². The third kappa shape index (κ3) is 2.31. The molecule has 19 heavy (non-hydrogen) atoms. The minimum atomic E-state index is 0.195. The lowest BCUT2D eigenvalue weighted by molar-refractivity contribution is -0.127. The van der Waals surface area contributed by atoms with Crippen molar-refractivity contribution >= 4 is 16.9 Å². The van der Waals surface area contributed by atoms with E-state index in [9.17, 15) is 4.79 Å². The molecule has 0 saturated carbocycles. The number of amides is 1. The van der Waals surface area contributed by atoms with Gasteiger partial charge in [0.1, 0.15) is 11.0 Å². The van der Waals surface area contributed by atoms with Gasteiger partial charge in [0.15, 0.2) is 0 Å². The van der Waals surface area contributed by atoms with Gasteiger partial charge in [-0.25, -0.2) is 4.63 Å². The Kier molecular flexibility index (Phi) is 3.16. The fourth-order valence-electron chi connectivity index (χ4n) is 2.55. The monoisotopic (exact) mass is 260 g/mol. The molecule has 1 aromatic heterocycles. The molecule has 6 heteroatoms. The van der Waals surface area contributed by atoms with Crippen molar-refractivity contribution in [1.29, 1.82) is 0 Å². The first-order chi connectivity index (χ1) is 9.28. The molecule has 1 aliphatic heterocycles. The number of fused-ring (bicyclic) bond motifs is 1. The van der Waals surface area contributed by atoms with E-state index in [-0.39, 0.29) is 5.91 Å². The van der Waals surface area contributed by atoms with Gasteiger partial charge in [0.25, 0.3) is 0 Å². The summed E-state index contributed by atoms with van der Waals surface area (Å²) in [4.78, 5) is 13.7. The van der Waals surface area contributed by atoms with Crippen LogP contribution in [0.1, 0.15) is 12.0 Å². The second-order valence-electron chi connectivity index (χ2n) is 4.94. The lowest BCUT2D eigenvalue weighted by atomic mass is 10.1. The molecular formula is C13H16N4O2. The van der Waals surface area contributed by atoms with Crippen LogP contribution in [-0.2, 0) is 11.2 Å². The molecule has 0 radical (unpaired) electrons. The van der Waals surface area contributed by atoms with E-state index in [1.54, 1.807) is 0 Å². The summed E-state index contributed by atoms with van der Waals surface area (Å²) >= 11 is 0. The normalized spacial score (nSPS) is 19.5. The van der Waals surface area contributed by atoms with Crippen LogP contribution in [0.4, 0.5) is 0 Å². The molecule has 2 aromatic rings. The Morgan fingerprint density at radius 1 is 1.42 bits per heavy atom. The molecule has 1 unspecified atom stereocenters. The fraction of sp³-hybridized carbons (Fsp3) is 0.462. The highest BCUT2D eigenvalue weighted by Crippen LogP contribution is 2.19. The Morgan fingerprint density at radius 3 is 3.11 bits per heavy atom. The summed E-state index contributed by atoms with van der Waals surface area (Å²) in [5.41, 5.74) is 8.21. The Labute approximate surface area is 110 Å². The van der Waals surface area contributed by atoms with Crippen LogP contribution in [0.5, 0.6) is 0 Å². The van der Waals surface area contributed by atoms with Crippen LogP contribution >= 0.6 is 0 Å². The maximum absolute atomic E-state index is 11.8. The Hall–Kier alpha value is -1.95. The number of rotatable bonds is 4. The lowest BCUT2D eigenvalue weighted by Gasteiger charge is -2.16. The number of hydrogen-bond acceptors (Lipinski definition) is 5. The van der Waals surface area contributed by atoms with Gasteiger partial charge in [-0.1, -0.05) is 12.1 Å². The van der Waals surface area contributed by atoms with Crippen LogP contribution in [0.25, 0.3) is 11.0 Å². The molecule has 1 aliphatic rings. The molecule has 6 nitrogen and oxygen atoms in total. The summed E-state index contributed by atoms with van der Waals surface area (Å²) in [6, 6.07) is 5.78. The molecule has 2 N–H and O–H groups in total. The van der Waals surface area contributed by atoms with Gasteiger partial charge in [0.05, 0.1) is 0 Å². The third-order valence-electron chi connectivity index (χ3n) is 3.65. The van der Waals surface area contributed by atoms with Crippen molar-refractivity contribution in [2.24, 2.45) is 11.7 Å². The van der Waals surface area contributed by atoms with E-state index < -0.39 is 0 Å². The van der Waals surface area contributed by atoms with Crippen molar-refractivity contribution in [2.75, 3.05) is 19.6 Å². The first-order valence-corrected chi connectivity index (χ1v) is 6.46. The Balaban J connectivity index is 1.69. The van der Waals surface area contributed by atoms with E-state index in [4.69, 9.17) is 10.4 Å². The Bertz CT molecular complexity index is 595. The van der Waals surface area contributed by atoms with Crippen molar-refractivity contribution in [2.45, 2.75) is 12.8 Å². The second-order valence-corrected chi connectivity index (χ2v) is 4.94. The first-order valence-electron chi connectivity index (χ1n) is 6.46. The number of aromatic nitrogens is 2. The molecule has 100 valence electrons. The van der Waals surface area contributed by atoms with E-state index in [2.05, 4.69) is 10.3 Å². The average molecular weight is 260 g/mol. The predicted molar refractivity (Wildman–Crippen MR) is 69.2 cm³/mol. The maximum Gasteiger partial charge on any atom is 0.222 e. The van der Waals surface area contributed by atoms with Gasteiger partial charge in [0, 0.05) is 19.5 Å². The molecule has 1 atom stereocenters. The maximum atomic E-state index is 11.8. The van der Waals surface area contributed by atoms with Crippen LogP contribution in [-0.4, -0.2) is 40.8 Å². The standard InChI is InChI=1S/C13H16N4O2/c14-7-9-6-12(18)17(8-9)5-4-10-2-1-3-11-13(10)16-19-15-11/h1-3,9H,4-8,14H2. The van der Waals surface area contributed by atoms with Crippen LogP contribution in [0, 0.1) is 5.92 Å². The highest BCUT2D eigenvalue weighted by atomic mass is 16.6. The van der Waals surface area contributed by atoms with Crippen molar-refractivity contribution < 1.29 is 9.42 Å². The van der Waals surface area contributed by atoms with Crippen molar-refractivity contribution in [3.63, 3.8) is 0 Å². The zero-order valence-corrected chi connectivity index (χ0v) is 10.6. The van der Waals surface area contributed by atoms with Crippen molar-refractivity contribution in [1.82, 2.24) is 15.2 Å². The molecule has 1 fully saturated rings. The van der Waals surface area contributed by atoms with Crippen LogP contribution in [0.15, 0.2) is 22.8 Å². The molecule has 1 saturated heterocycles. The van der Waals surface area contributed by atoms with E-state index in [1.165, 1.54) is 0 Å². The van der Waals surface area contributed by atoms with E-state index in [1.807, 2.05) is 23.1 Å². The predicted octanol–water partition coefficient (Wildman–Crippen LogP) is 0.572. The van der Waals surface area contributed by atoms with Crippen LogP contribution < -0.4 is 5.73 Å². The summed E-state index contributed by atoms with van der Waals surface area (Å²) < 4.78 is 4.74.